The van der Waals surface area contributed by atoms with Crippen LogP contribution in [0.2, 0.25) is 0 Å². The lowest BCUT2D eigenvalue weighted by molar-refractivity contribution is 0.560. The summed E-state index contributed by atoms with van der Waals surface area (Å²) in [5.41, 5.74) is 7.06. The van der Waals surface area contributed by atoms with E-state index in [0.29, 0.717) is 0 Å². The monoisotopic (exact) mass is 125 g/mol. The van der Waals surface area contributed by atoms with Crippen LogP contribution in [-0.2, 0) is 0 Å². The van der Waals surface area contributed by atoms with E-state index in [4.69, 9.17) is 5.73 Å². The molecule has 0 radical (unpaired) electrons. The predicted octanol–water partition coefficient (Wildman–Crippen LogP) is 1.53. The molecule has 1 nitrogen and oxygen atoms in total. The molecule has 0 heterocycles. The Morgan fingerprint density at radius 3 is 2.33 bits per heavy atom. The van der Waals surface area contributed by atoms with E-state index in [1.165, 1.54) is 25.7 Å². The molecule has 0 spiro atoms. The Hall–Kier alpha value is -0.0400. The summed E-state index contributed by atoms with van der Waals surface area (Å²) >= 11 is 0. The molecular formula is C8H15N. The lowest BCUT2D eigenvalue weighted by atomic mass is 10.1. The zero-order chi connectivity index (χ0) is 6.54. The second-order valence-corrected chi connectivity index (χ2v) is 4.09. The smallest absolute Gasteiger partial charge is 0.00771 e. The van der Waals surface area contributed by atoms with Crippen molar-refractivity contribution in [3.8, 4) is 0 Å². The summed E-state index contributed by atoms with van der Waals surface area (Å²) in [6.45, 7) is 3.29. The van der Waals surface area contributed by atoms with Crippen LogP contribution in [0.15, 0.2) is 0 Å². The van der Waals surface area contributed by atoms with Gasteiger partial charge in [0.05, 0.1) is 0 Å². The normalized spacial score (nSPS) is 52.7. The molecule has 2 aliphatic carbocycles. The fourth-order valence-corrected chi connectivity index (χ4v) is 2.27. The van der Waals surface area contributed by atoms with E-state index in [-0.39, 0.29) is 0 Å². The molecule has 0 aromatic heterocycles. The molecule has 0 aromatic carbocycles. The van der Waals surface area contributed by atoms with Crippen molar-refractivity contribution in [2.24, 2.45) is 16.6 Å². The fraction of sp³-hybridized carbons (Fsp3) is 1.00. The van der Waals surface area contributed by atoms with Crippen LogP contribution >= 0.6 is 0 Å². The molecule has 2 saturated carbocycles. The van der Waals surface area contributed by atoms with Gasteiger partial charge in [0, 0.05) is 0 Å². The van der Waals surface area contributed by atoms with Gasteiger partial charge in [-0.3, -0.25) is 0 Å². The first-order valence-electron chi connectivity index (χ1n) is 3.93. The average molecular weight is 125 g/mol. The van der Waals surface area contributed by atoms with Crippen molar-refractivity contribution in [1.82, 2.24) is 0 Å². The summed E-state index contributed by atoms with van der Waals surface area (Å²) < 4.78 is 0. The highest BCUT2D eigenvalue weighted by Gasteiger charge is 2.78. The molecule has 1 heteroatoms. The van der Waals surface area contributed by atoms with Crippen molar-refractivity contribution >= 4 is 0 Å². The third-order valence-electron chi connectivity index (χ3n) is 3.35. The predicted molar refractivity (Wildman–Crippen MR) is 38.1 cm³/mol. The fourth-order valence-electron chi connectivity index (χ4n) is 2.27. The van der Waals surface area contributed by atoms with Crippen LogP contribution in [0.4, 0.5) is 0 Å². The Kier molecular flexibility index (Phi) is 0.852. The maximum Gasteiger partial charge on any atom is -0.00771 e. The van der Waals surface area contributed by atoms with Gasteiger partial charge in [-0.1, -0.05) is 6.92 Å². The van der Waals surface area contributed by atoms with Gasteiger partial charge in [-0.05, 0) is 43.1 Å². The van der Waals surface area contributed by atoms with Crippen molar-refractivity contribution < 1.29 is 0 Å². The molecule has 0 amide bonds. The van der Waals surface area contributed by atoms with Gasteiger partial charge in [0.2, 0.25) is 0 Å². The van der Waals surface area contributed by atoms with Crippen LogP contribution in [0.25, 0.3) is 0 Å². The molecule has 0 saturated heterocycles. The van der Waals surface area contributed by atoms with E-state index in [1.54, 1.807) is 0 Å². The van der Waals surface area contributed by atoms with Gasteiger partial charge >= 0.3 is 0 Å². The zero-order valence-electron chi connectivity index (χ0n) is 6.11. The largest absolute Gasteiger partial charge is 0.330 e. The van der Waals surface area contributed by atoms with E-state index in [2.05, 4.69) is 6.92 Å². The van der Waals surface area contributed by atoms with Gasteiger partial charge in [-0.15, -0.1) is 0 Å². The van der Waals surface area contributed by atoms with Gasteiger partial charge in [0.15, 0.2) is 0 Å². The second-order valence-electron chi connectivity index (χ2n) is 4.09. The highest BCUT2D eigenvalue weighted by Crippen LogP contribution is 2.87. The molecule has 0 bridgehead atoms. The molecule has 0 atom stereocenters. The van der Waals surface area contributed by atoms with Crippen molar-refractivity contribution in [2.45, 2.75) is 32.6 Å². The Morgan fingerprint density at radius 1 is 1.44 bits per heavy atom. The van der Waals surface area contributed by atoms with Crippen LogP contribution in [0.1, 0.15) is 32.6 Å². The zero-order valence-corrected chi connectivity index (χ0v) is 6.11. The van der Waals surface area contributed by atoms with E-state index in [0.717, 1.165) is 17.4 Å². The Morgan fingerprint density at radius 2 is 2.00 bits per heavy atom. The maximum absolute atomic E-state index is 5.43. The highest BCUT2D eigenvalue weighted by atomic mass is 14.8. The van der Waals surface area contributed by atoms with Crippen molar-refractivity contribution in [2.75, 3.05) is 6.54 Å². The SMILES string of the molecule is CC12CC1(CCCN)C2. The van der Waals surface area contributed by atoms with E-state index in [9.17, 15) is 0 Å². The minimum Gasteiger partial charge on any atom is -0.330 e. The standard InChI is InChI=1S/C8H15N/c1-7-5-8(7,6-7)3-2-4-9/h2-6,9H2,1H3. The summed E-state index contributed by atoms with van der Waals surface area (Å²) in [5.74, 6) is 0. The first-order chi connectivity index (χ1) is 4.22. The molecule has 2 N–H and O–H groups in total. The Balaban J connectivity index is 1.78. The lowest BCUT2D eigenvalue weighted by Gasteiger charge is -1.97. The Labute approximate surface area is 56.6 Å². The average Bonchev–Trinajstić information content (AvgIpc) is 2.48. The van der Waals surface area contributed by atoms with Gasteiger partial charge < -0.3 is 5.73 Å². The molecule has 2 rings (SSSR count). The summed E-state index contributed by atoms with van der Waals surface area (Å²) in [4.78, 5) is 0. The van der Waals surface area contributed by atoms with Crippen LogP contribution < -0.4 is 5.73 Å². The van der Waals surface area contributed by atoms with E-state index in [1.807, 2.05) is 0 Å². The van der Waals surface area contributed by atoms with E-state index >= 15 is 0 Å². The number of hydrogen-bond donors (Lipinski definition) is 1. The molecule has 0 aliphatic heterocycles. The van der Waals surface area contributed by atoms with Gasteiger partial charge in [0.1, 0.15) is 0 Å². The summed E-state index contributed by atoms with van der Waals surface area (Å²) in [7, 11) is 0. The van der Waals surface area contributed by atoms with Gasteiger partial charge in [0.25, 0.3) is 0 Å². The van der Waals surface area contributed by atoms with E-state index < -0.39 is 0 Å². The molecule has 0 unspecified atom stereocenters. The molecule has 2 fully saturated rings. The molecule has 52 valence electrons. The minimum absolute atomic E-state index is 0.808. The first kappa shape index (κ1) is 5.72. The first-order valence-corrected chi connectivity index (χ1v) is 3.93. The van der Waals surface area contributed by atoms with Crippen molar-refractivity contribution in [3.05, 3.63) is 0 Å². The van der Waals surface area contributed by atoms with Crippen LogP contribution in [-0.4, -0.2) is 6.54 Å². The van der Waals surface area contributed by atoms with Gasteiger partial charge in [-0.2, -0.15) is 0 Å². The van der Waals surface area contributed by atoms with Crippen molar-refractivity contribution in [1.29, 1.82) is 0 Å². The van der Waals surface area contributed by atoms with Crippen LogP contribution in [0.5, 0.6) is 0 Å². The number of nitrogens with two attached hydrogens (primary N) is 1. The van der Waals surface area contributed by atoms with Gasteiger partial charge in [-0.25, -0.2) is 0 Å². The summed E-state index contributed by atoms with van der Waals surface area (Å²) in [5, 5.41) is 0. The molecule has 2 aliphatic rings. The number of hydrogen-bond acceptors (Lipinski definition) is 1. The summed E-state index contributed by atoms with van der Waals surface area (Å²) in [6, 6.07) is 0. The lowest BCUT2D eigenvalue weighted by Crippen LogP contribution is -2.00. The number of fused-ring (bicyclic) bond motifs is 1. The van der Waals surface area contributed by atoms with Crippen LogP contribution in [0, 0.1) is 10.8 Å². The quantitative estimate of drug-likeness (QED) is 0.608. The molecular weight excluding hydrogens is 110 g/mol. The maximum atomic E-state index is 5.43. The minimum atomic E-state index is 0.808. The third-order valence-corrected chi connectivity index (χ3v) is 3.35. The second kappa shape index (κ2) is 1.34. The summed E-state index contributed by atoms with van der Waals surface area (Å²) in [6.07, 6.45) is 5.65. The Bertz CT molecular complexity index is 134. The number of rotatable bonds is 3. The molecule has 0 aromatic rings. The van der Waals surface area contributed by atoms with Crippen molar-refractivity contribution in [3.63, 3.8) is 0 Å². The third kappa shape index (κ3) is 0.586. The molecule has 9 heavy (non-hydrogen) atoms. The highest BCUT2D eigenvalue weighted by molar-refractivity contribution is 5.27. The topological polar surface area (TPSA) is 26.0 Å². The van der Waals surface area contributed by atoms with Crippen LogP contribution in [0.3, 0.4) is 0 Å².